The zero-order chi connectivity index (χ0) is 21.7. The molecular weight excluding hydrogens is 519 g/mol. The molecule has 32 heavy (non-hydrogen) atoms. The summed E-state index contributed by atoms with van der Waals surface area (Å²) in [5.74, 6) is 1.46. The Bertz CT molecular complexity index is 675. The lowest BCUT2D eigenvalue weighted by molar-refractivity contribution is -0.131. The number of nitrogens with one attached hydrogen (secondary N) is 2. The number of benzene rings is 1. The first-order chi connectivity index (χ1) is 15.2. The van der Waals surface area contributed by atoms with E-state index in [9.17, 15) is 4.79 Å². The SMILES string of the molecule is CN=C(NCCCOCC1CCCO1)NCC(=O)N1CCC(Cc2ccccc2)CC1.I. The monoisotopic (exact) mass is 558 g/mol. The van der Waals surface area contributed by atoms with Gasteiger partial charge in [-0.2, -0.15) is 0 Å². The molecule has 8 heteroatoms. The maximum Gasteiger partial charge on any atom is 0.241 e. The number of hydrogen-bond donors (Lipinski definition) is 2. The lowest BCUT2D eigenvalue weighted by Gasteiger charge is -2.32. The maximum atomic E-state index is 12.6. The van der Waals surface area contributed by atoms with Crippen LogP contribution in [0.4, 0.5) is 0 Å². The number of carbonyl (C=O) groups excluding carboxylic acids is 1. The van der Waals surface area contributed by atoms with Crippen LogP contribution in [-0.2, 0) is 20.7 Å². The summed E-state index contributed by atoms with van der Waals surface area (Å²) in [4.78, 5) is 18.8. The van der Waals surface area contributed by atoms with Gasteiger partial charge in [-0.3, -0.25) is 9.79 Å². The van der Waals surface area contributed by atoms with Gasteiger partial charge in [0.25, 0.3) is 0 Å². The fourth-order valence-electron chi connectivity index (χ4n) is 4.20. The van der Waals surface area contributed by atoms with Crippen LogP contribution < -0.4 is 10.6 Å². The Hall–Kier alpha value is -1.39. The van der Waals surface area contributed by atoms with E-state index in [4.69, 9.17) is 9.47 Å². The minimum atomic E-state index is 0. The second-order valence-corrected chi connectivity index (χ2v) is 8.43. The van der Waals surface area contributed by atoms with E-state index in [1.165, 1.54) is 5.56 Å². The molecule has 7 nitrogen and oxygen atoms in total. The van der Waals surface area contributed by atoms with Gasteiger partial charge in [0.05, 0.1) is 19.3 Å². The molecule has 1 amide bonds. The molecule has 2 saturated heterocycles. The molecule has 0 aliphatic carbocycles. The number of rotatable bonds is 10. The molecule has 2 aliphatic heterocycles. The van der Waals surface area contributed by atoms with Gasteiger partial charge in [-0.25, -0.2) is 0 Å². The smallest absolute Gasteiger partial charge is 0.241 e. The molecule has 1 aromatic rings. The number of likely N-dealkylation sites (tertiary alicyclic amines) is 1. The predicted molar refractivity (Wildman–Crippen MR) is 139 cm³/mol. The third-order valence-electron chi connectivity index (χ3n) is 6.05. The first-order valence-corrected chi connectivity index (χ1v) is 11.7. The fourth-order valence-corrected chi connectivity index (χ4v) is 4.20. The molecule has 3 rings (SSSR count). The van der Waals surface area contributed by atoms with Crippen molar-refractivity contribution in [1.29, 1.82) is 0 Å². The van der Waals surface area contributed by atoms with Crippen molar-refractivity contribution in [2.45, 2.75) is 44.6 Å². The zero-order valence-electron chi connectivity index (χ0n) is 19.3. The van der Waals surface area contributed by atoms with Crippen molar-refractivity contribution in [1.82, 2.24) is 15.5 Å². The van der Waals surface area contributed by atoms with E-state index in [0.29, 0.717) is 25.1 Å². The molecule has 2 fully saturated rings. The first-order valence-electron chi connectivity index (χ1n) is 11.7. The van der Waals surface area contributed by atoms with Gasteiger partial charge in [0.2, 0.25) is 5.91 Å². The van der Waals surface area contributed by atoms with Crippen LogP contribution in [0.5, 0.6) is 0 Å². The van der Waals surface area contributed by atoms with Gasteiger partial charge in [-0.15, -0.1) is 24.0 Å². The Labute approximate surface area is 209 Å². The zero-order valence-corrected chi connectivity index (χ0v) is 21.6. The Kier molecular flexibility index (Phi) is 13.0. The summed E-state index contributed by atoms with van der Waals surface area (Å²) in [6, 6.07) is 10.6. The van der Waals surface area contributed by atoms with E-state index >= 15 is 0 Å². The number of ether oxygens (including phenoxy) is 2. The Morgan fingerprint density at radius 1 is 1.19 bits per heavy atom. The summed E-state index contributed by atoms with van der Waals surface area (Å²) in [7, 11) is 1.73. The Morgan fingerprint density at radius 2 is 1.97 bits per heavy atom. The Morgan fingerprint density at radius 3 is 2.66 bits per heavy atom. The van der Waals surface area contributed by atoms with Crippen LogP contribution in [-0.4, -0.2) is 75.9 Å². The number of guanidine groups is 1. The minimum absolute atomic E-state index is 0. The van der Waals surface area contributed by atoms with Gasteiger partial charge in [0, 0.05) is 39.9 Å². The number of carbonyl (C=O) groups is 1. The van der Waals surface area contributed by atoms with E-state index in [1.54, 1.807) is 7.05 Å². The molecule has 180 valence electrons. The van der Waals surface area contributed by atoms with Crippen LogP contribution >= 0.6 is 24.0 Å². The third kappa shape index (κ3) is 9.62. The van der Waals surface area contributed by atoms with Crippen molar-refractivity contribution in [3.8, 4) is 0 Å². The maximum absolute atomic E-state index is 12.6. The Balaban J connectivity index is 0.00000363. The largest absolute Gasteiger partial charge is 0.379 e. The molecule has 0 spiro atoms. The number of aliphatic imine (C=N–C) groups is 1. The molecule has 0 saturated carbocycles. The van der Waals surface area contributed by atoms with E-state index in [-0.39, 0.29) is 42.5 Å². The average Bonchev–Trinajstić information content (AvgIpc) is 3.32. The van der Waals surface area contributed by atoms with Gasteiger partial charge in [-0.1, -0.05) is 30.3 Å². The lowest BCUT2D eigenvalue weighted by Crippen LogP contribution is -2.47. The van der Waals surface area contributed by atoms with Crippen LogP contribution in [0, 0.1) is 5.92 Å². The van der Waals surface area contributed by atoms with Crippen LogP contribution in [0.15, 0.2) is 35.3 Å². The van der Waals surface area contributed by atoms with Gasteiger partial charge >= 0.3 is 0 Å². The molecule has 1 unspecified atom stereocenters. The number of piperidine rings is 1. The van der Waals surface area contributed by atoms with E-state index < -0.39 is 0 Å². The molecule has 2 heterocycles. The van der Waals surface area contributed by atoms with E-state index in [2.05, 4.69) is 46.0 Å². The molecule has 2 N–H and O–H groups in total. The second-order valence-electron chi connectivity index (χ2n) is 8.43. The van der Waals surface area contributed by atoms with E-state index in [0.717, 1.165) is 64.8 Å². The van der Waals surface area contributed by atoms with Crippen molar-refractivity contribution in [2.24, 2.45) is 10.9 Å². The summed E-state index contributed by atoms with van der Waals surface area (Å²) in [6.07, 6.45) is 6.65. The summed E-state index contributed by atoms with van der Waals surface area (Å²) >= 11 is 0. The molecule has 0 radical (unpaired) electrons. The van der Waals surface area contributed by atoms with Crippen LogP contribution in [0.1, 0.15) is 37.7 Å². The third-order valence-corrected chi connectivity index (χ3v) is 6.05. The average molecular weight is 559 g/mol. The lowest BCUT2D eigenvalue weighted by atomic mass is 9.90. The van der Waals surface area contributed by atoms with Gasteiger partial charge in [0.1, 0.15) is 0 Å². The highest BCUT2D eigenvalue weighted by atomic mass is 127. The summed E-state index contributed by atoms with van der Waals surface area (Å²) in [5, 5.41) is 6.39. The van der Waals surface area contributed by atoms with Gasteiger partial charge in [0.15, 0.2) is 5.96 Å². The van der Waals surface area contributed by atoms with Crippen molar-refractivity contribution < 1.29 is 14.3 Å². The number of halogens is 1. The highest BCUT2D eigenvalue weighted by Crippen LogP contribution is 2.21. The van der Waals surface area contributed by atoms with Crippen LogP contribution in [0.2, 0.25) is 0 Å². The summed E-state index contributed by atoms with van der Waals surface area (Å²) in [6.45, 7) is 4.95. The fraction of sp³-hybridized carbons (Fsp3) is 0.667. The minimum Gasteiger partial charge on any atom is -0.379 e. The first kappa shape index (κ1) is 26.9. The van der Waals surface area contributed by atoms with Crippen molar-refractivity contribution in [3.05, 3.63) is 35.9 Å². The van der Waals surface area contributed by atoms with Gasteiger partial charge < -0.3 is 25.0 Å². The normalized spacial score (nSPS) is 19.5. The van der Waals surface area contributed by atoms with E-state index in [1.807, 2.05) is 4.90 Å². The quantitative estimate of drug-likeness (QED) is 0.200. The number of amides is 1. The second kappa shape index (κ2) is 15.4. The number of hydrogen-bond acceptors (Lipinski definition) is 4. The molecule has 0 bridgehead atoms. The topological polar surface area (TPSA) is 75.2 Å². The highest BCUT2D eigenvalue weighted by molar-refractivity contribution is 14.0. The molecule has 1 aromatic carbocycles. The molecule has 2 aliphatic rings. The highest BCUT2D eigenvalue weighted by Gasteiger charge is 2.23. The van der Waals surface area contributed by atoms with Crippen molar-refractivity contribution in [2.75, 3.05) is 53.0 Å². The standard InChI is InChI=1S/C24H38N4O3.HI/c1-25-24(26-12-6-15-30-19-22-9-5-16-31-22)27-18-23(29)28-13-10-21(11-14-28)17-20-7-3-2-4-8-20;/h2-4,7-8,21-22H,5-6,9-19H2,1H3,(H2,25,26,27);1H. The summed E-state index contributed by atoms with van der Waals surface area (Å²) < 4.78 is 11.2. The van der Waals surface area contributed by atoms with Crippen LogP contribution in [0.25, 0.3) is 0 Å². The van der Waals surface area contributed by atoms with Crippen molar-refractivity contribution >= 4 is 35.8 Å². The predicted octanol–water partition coefficient (Wildman–Crippen LogP) is 2.84. The van der Waals surface area contributed by atoms with Crippen LogP contribution in [0.3, 0.4) is 0 Å². The molecular formula is C24H39IN4O3. The summed E-state index contributed by atoms with van der Waals surface area (Å²) in [5.41, 5.74) is 1.39. The number of nitrogens with zero attached hydrogens (tertiary/aromatic N) is 2. The molecule has 1 atom stereocenters. The van der Waals surface area contributed by atoms with Crippen molar-refractivity contribution in [3.63, 3.8) is 0 Å². The molecule has 0 aromatic heterocycles. The van der Waals surface area contributed by atoms with Gasteiger partial charge in [-0.05, 0) is 50.0 Å².